The first-order valence-electron chi connectivity index (χ1n) is 8.33. The lowest BCUT2D eigenvalue weighted by Gasteiger charge is -2.18. The van der Waals surface area contributed by atoms with Crippen LogP contribution in [0.2, 0.25) is 0 Å². The molecule has 0 bridgehead atoms. The van der Waals surface area contributed by atoms with Crippen molar-refractivity contribution in [2.75, 3.05) is 21.0 Å². The smallest absolute Gasteiger partial charge is 0.231 e. The molecule has 0 fully saturated rings. The van der Waals surface area contributed by atoms with Crippen molar-refractivity contribution in [1.29, 1.82) is 0 Å². The Balaban J connectivity index is 2.07. The van der Waals surface area contributed by atoms with Crippen molar-refractivity contribution in [2.24, 2.45) is 0 Å². The van der Waals surface area contributed by atoms with Crippen molar-refractivity contribution in [3.05, 3.63) is 41.5 Å². The highest BCUT2D eigenvalue weighted by Crippen LogP contribution is 2.46. The van der Waals surface area contributed by atoms with E-state index in [-0.39, 0.29) is 12.5 Å². The molecule has 0 radical (unpaired) electrons. The number of rotatable bonds is 3. The normalized spacial score (nSPS) is 12.5. The van der Waals surface area contributed by atoms with Crippen molar-refractivity contribution in [3.8, 4) is 39.9 Å². The molecule has 1 aliphatic rings. The molecule has 0 saturated carbocycles. The first-order chi connectivity index (χ1) is 12.5. The van der Waals surface area contributed by atoms with Gasteiger partial charge >= 0.3 is 0 Å². The average molecular weight is 352 g/mol. The van der Waals surface area contributed by atoms with Crippen LogP contribution in [0, 0.1) is 13.8 Å². The number of methoxy groups -OCH3 is 2. The van der Waals surface area contributed by atoms with E-state index >= 15 is 0 Å². The lowest BCUT2D eigenvalue weighted by molar-refractivity contribution is 0.174. The summed E-state index contributed by atoms with van der Waals surface area (Å²) in [4.78, 5) is 0. The first kappa shape index (κ1) is 16.4. The molecule has 0 aliphatic carbocycles. The Kier molecular flexibility index (Phi) is 3.80. The fourth-order valence-electron chi connectivity index (χ4n) is 3.47. The van der Waals surface area contributed by atoms with Crippen LogP contribution < -0.4 is 18.9 Å². The third-order valence-electron chi connectivity index (χ3n) is 5.00. The van der Waals surface area contributed by atoms with Crippen molar-refractivity contribution in [1.82, 2.24) is 0 Å². The summed E-state index contributed by atoms with van der Waals surface area (Å²) < 4.78 is 21.8. The number of aromatic hydroxyl groups is 1. The van der Waals surface area contributed by atoms with Gasteiger partial charge in [-0.2, -0.15) is 0 Å². The molecule has 3 aromatic carbocycles. The molecule has 0 aromatic heterocycles. The zero-order valence-corrected chi connectivity index (χ0v) is 15.2. The van der Waals surface area contributed by atoms with E-state index in [2.05, 4.69) is 0 Å². The Bertz CT molecular complexity index is 1020. The van der Waals surface area contributed by atoms with Crippen LogP contribution >= 0.6 is 0 Å². The van der Waals surface area contributed by atoms with E-state index in [1.54, 1.807) is 14.2 Å². The van der Waals surface area contributed by atoms with Gasteiger partial charge in [-0.1, -0.05) is 6.07 Å². The molecule has 1 aliphatic heterocycles. The Morgan fingerprint density at radius 2 is 1.50 bits per heavy atom. The summed E-state index contributed by atoms with van der Waals surface area (Å²) in [5.41, 5.74) is 3.85. The van der Waals surface area contributed by atoms with E-state index < -0.39 is 0 Å². The summed E-state index contributed by atoms with van der Waals surface area (Å²) in [5.74, 6) is 2.91. The highest BCUT2D eigenvalue weighted by atomic mass is 16.7. The van der Waals surface area contributed by atoms with Gasteiger partial charge in [-0.25, -0.2) is 0 Å². The standard InChI is InChI=1S/C21H20O5/c1-11-12(2)21(22)15-9-18(24-4)17(23-3)8-14(15)20(11)13-5-6-16-19(7-13)26-10-25-16/h5-9,22H,10H2,1-4H3. The summed E-state index contributed by atoms with van der Waals surface area (Å²) >= 11 is 0. The number of fused-ring (bicyclic) bond motifs is 2. The van der Waals surface area contributed by atoms with Gasteiger partial charge in [0.2, 0.25) is 6.79 Å². The van der Waals surface area contributed by atoms with Gasteiger partial charge in [0.1, 0.15) is 5.75 Å². The van der Waals surface area contributed by atoms with Gasteiger partial charge in [0, 0.05) is 5.39 Å². The number of hydrogen-bond acceptors (Lipinski definition) is 5. The third kappa shape index (κ3) is 2.31. The Labute approximate surface area is 151 Å². The third-order valence-corrected chi connectivity index (χ3v) is 5.00. The first-order valence-corrected chi connectivity index (χ1v) is 8.33. The van der Waals surface area contributed by atoms with Crippen LogP contribution in [0.5, 0.6) is 28.7 Å². The number of hydrogen-bond donors (Lipinski definition) is 1. The highest BCUT2D eigenvalue weighted by Gasteiger charge is 2.20. The van der Waals surface area contributed by atoms with E-state index in [0.29, 0.717) is 11.5 Å². The van der Waals surface area contributed by atoms with Gasteiger partial charge in [-0.3, -0.25) is 0 Å². The molecule has 0 spiro atoms. The van der Waals surface area contributed by atoms with Crippen LogP contribution in [-0.2, 0) is 0 Å². The minimum atomic E-state index is 0.234. The molecule has 5 nitrogen and oxygen atoms in total. The van der Waals surface area contributed by atoms with Gasteiger partial charge < -0.3 is 24.1 Å². The Hall–Kier alpha value is -3.08. The molecule has 3 aromatic rings. The average Bonchev–Trinajstić information content (AvgIpc) is 3.13. The highest BCUT2D eigenvalue weighted by molar-refractivity contribution is 6.04. The maximum atomic E-state index is 10.7. The van der Waals surface area contributed by atoms with Gasteiger partial charge in [-0.15, -0.1) is 0 Å². The SMILES string of the molecule is COc1cc2c(O)c(C)c(C)c(-c3ccc4c(c3)OCO4)c2cc1OC. The van der Waals surface area contributed by atoms with Gasteiger partial charge in [0.15, 0.2) is 23.0 Å². The molecule has 0 amide bonds. The number of phenols is 1. The monoisotopic (exact) mass is 352 g/mol. The molecule has 1 N–H and O–H groups in total. The summed E-state index contributed by atoms with van der Waals surface area (Å²) in [6.07, 6.45) is 0. The predicted molar refractivity (Wildman–Crippen MR) is 99.7 cm³/mol. The summed E-state index contributed by atoms with van der Waals surface area (Å²) in [6, 6.07) is 9.60. The van der Waals surface area contributed by atoms with Crippen LogP contribution in [-0.4, -0.2) is 26.1 Å². The maximum Gasteiger partial charge on any atom is 0.231 e. The molecule has 4 rings (SSSR count). The molecule has 1 heterocycles. The molecule has 134 valence electrons. The van der Waals surface area contributed by atoms with Crippen molar-refractivity contribution >= 4 is 10.8 Å². The van der Waals surface area contributed by atoms with Crippen LogP contribution in [0.1, 0.15) is 11.1 Å². The summed E-state index contributed by atoms with van der Waals surface area (Å²) in [7, 11) is 3.19. The molecule has 5 heteroatoms. The number of ether oxygens (including phenoxy) is 4. The predicted octanol–water partition coefficient (Wildman–Crippen LogP) is 4.58. The molecular formula is C21H20O5. The zero-order chi connectivity index (χ0) is 18.4. The minimum absolute atomic E-state index is 0.234. The topological polar surface area (TPSA) is 57.2 Å². The number of benzene rings is 3. The van der Waals surface area contributed by atoms with E-state index in [1.165, 1.54) is 0 Å². The zero-order valence-electron chi connectivity index (χ0n) is 15.2. The number of phenolic OH excluding ortho intramolecular Hbond substituents is 1. The van der Waals surface area contributed by atoms with Crippen molar-refractivity contribution in [2.45, 2.75) is 13.8 Å². The van der Waals surface area contributed by atoms with E-state index in [0.717, 1.165) is 44.5 Å². The molecular weight excluding hydrogens is 332 g/mol. The van der Waals surface area contributed by atoms with Gasteiger partial charge in [0.05, 0.1) is 14.2 Å². The van der Waals surface area contributed by atoms with E-state index in [4.69, 9.17) is 18.9 Å². The second-order valence-corrected chi connectivity index (χ2v) is 6.29. The lowest BCUT2D eigenvalue weighted by Crippen LogP contribution is -1.95. The fraction of sp³-hybridized carbons (Fsp3) is 0.238. The fourth-order valence-corrected chi connectivity index (χ4v) is 3.47. The molecule has 26 heavy (non-hydrogen) atoms. The van der Waals surface area contributed by atoms with E-state index in [9.17, 15) is 5.11 Å². The molecule has 0 atom stereocenters. The summed E-state index contributed by atoms with van der Waals surface area (Å²) in [6.45, 7) is 4.15. The van der Waals surface area contributed by atoms with Gasteiger partial charge in [0.25, 0.3) is 0 Å². The molecule has 0 unspecified atom stereocenters. The summed E-state index contributed by atoms with van der Waals surface area (Å²) in [5, 5.41) is 12.3. The Morgan fingerprint density at radius 1 is 0.846 bits per heavy atom. The molecule has 0 saturated heterocycles. The Morgan fingerprint density at radius 3 is 2.19 bits per heavy atom. The van der Waals surface area contributed by atoms with Crippen LogP contribution in [0.4, 0.5) is 0 Å². The quantitative estimate of drug-likeness (QED) is 0.748. The van der Waals surface area contributed by atoms with Crippen molar-refractivity contribution < 1.29 is 24.1 Å². The lowest BCUT2D eigenvalue weighted by atomic mass is 9.89. The minimum Gasteiger partial charge on any atom is -0.507 e. The maximum absolute atomic E-state index is 10.7. The van der Waals surface area contributed by atoms with Crippen molar-refractivity contribution in [3.63, 3.8) is 0 Å². The largest absolute Gasteiger partial charge is 0.507 e. The van der Waals surface area contributed by atoms with Crippen LogP contribution in [0.25, 0.3) is 21.9 Å². The second kappa shape index (κ2) is 6.02. The van der Waals surface area contributed by atoms with Gasteiger partial charge in [-0.05, 0) is 65.8 Å². The van der Waals surface area contributed by atoms with E-state index in [1.807, 2.05) is 44.2 Å². The van der Waals surface area contributed by atoms with Crippen LogP contribution in [0.15, 0.2) is 30.3 Å². The van der Waals surface area contributed by atoms with Crippen LogP contribution in [0.3, 0.4) is 0 Å². The second-order valence-electron chi connectivity index (χ2n) is 6.29.